The van der Waals surface area contributed by atoms with Gasteiger partial charge in [-0.2, -0.15) is 0 Å². The summed E-state index contributed by atoms with van der Waals surface area (Å²) in [5.41, 5.74) is 0.398. The highest BCUT2D eigenvalue weighted by Gasteiger charge is 2.52. The lowest BCUT2D eigenvalue weighted by Crippen LogP contribution is -2.60. The van der Waals surface area contributed by atoms with Crippen molar-refractivity contribution in [2.45, 2.75) is 43.1 Å². The summed E-state index contributed by atoms with van der Waals surface area (Å²) in [6, 6.07) is 0. The minimum absolute atomic E-state index is 0.0494. The zero-order valence-corrected chi connectivity index (χ0v) is 15.0. The van der Waals surface area contributed by atoms with Crippen LogP contribution < -0.4 is 0 Å². The highest BCUT2D eigenvalue weighted by molar-refractivity contribution is 5.89. The quantitative estimate of drug-likeness (QED) is 0.200. The number of esters is 1. The molecule has 2 unspecified atom stereocenters. The van der Waals surface area contributed by atoms with Gasteiger partial charge in [0.15, 0.2) is 6.29 Å². The van der Waals surface area contributed by atoms with Gasteiger partial charge < -0.3 is 49.6 Å². The average Bonchev–Trinajstić information content (AvgIpc) is 3.05. The maximum absolute atomic E-state index is 12.0. The van der Waals surface area contributed by atoms with E-state index in [0.717, 1.165) is 6.26 Å². The summed E-state index contributed by atoms with van der Waals surface area (Å²) in [5.74, 6) is -2.34. The molecule has 0 aromatic carbocycles. The van der Waals surface area contributed by atoms with Crippen molar-refractivity contribution < 1.29 is 54.4 Å². The van der Waals surface area contributed by atoms with Crippen LogP contribution >= 0.6 is 0 Å². The Bertz CT molecular complexity index is 645. The number of carbonyl (C=O) groups is 1. The number of methoxy groups -OCH3 is 1. The fourth-order valence-corrected chi connectivity index (χ4v) is 3.79. The molecule has 28 heavy (non-hydrogen) atoms. The van der Waals surface area contributed by atoms with Gasteiger partial charge in [0.25, 0.3) is 0 Å². The predicted molar refractivity (Wildman–Crippen MR) is 88.0 cm³/mol. The molecular weight excluding hydrogens is 380 g/mol. The number of rotatable bonds is 5. The molecule has 0 saturated carbocycles. The van der Waals surface area contributed by atoms with E-state index in [-0.39, 0.29) is 5.57 Å². The number of hydrogen-bond acceptors (Lipinski definition) is 11. The maximum atomic E-state index is 12.0. The largest absolute Gasteiger partial charge is 0.471 e. The number of hydrogen-bond donors (Lipinski definition) is 6. The maximum Gasteiger partial charge on any atom is 0.337 e. The number of carbonyl (C=O) groups excluding carboxylic acids is 1. The highest BCUT2D eigenvalue weighted by atomic mass is 16.8. The Kier molecular flexibility index (Phi) is 6.37. The van der Waals surface area contributed by atoms with E-state index < -0.39 is 74.1 Å². The van der Waals surface area contributed by atoms with Crippen molar-refractivity contribution in [1.82, 2.24) is 0 Å². The third kappa shape index (κ3) is 3.55. The van der Waals surface area contributed by atoms with Crippen LogP contribution in [0.3, 0.4) is 0 Å². The molecule has 0 bridgehead atoms. The van der Waals surface area contributed by atoms with Gasteiger partial charge in [-0.25, -0.2) is 4.79 Å². The smallest absolute Gasteiger partial charge is 0.337 e. The summed E-state index contributed by atoms with van der Waals surface area (Å²) in [6.07, 6.45) is -7.36. The molecule has 2 aliphatic heterocycles. The van der Waals surface area contributed by atoms with Gasteiger partial charge in [-0.1, -0.05) is 6.08 Å². The monoisotopic (exact) mass is 404 g/mol. The van der Waals surface area contributed by atoms with Gasteiger partial charge in [0, 0.05) is 5.92 Å². The van der Waals surface area contributed by atoms with E-state index in [0.29, 0.717) is 5.57 Å². The first-order valence-electron chi connectivity index (χ1n) is 8.73. The first-order valence-corrected chi connectivity index (χ1v) is 8.73. The minimum Gasteiger partial charge on any atom is -0.471 e. The Hall–Kier alpha value is -1.57. The van der Waals surface area contributed by atoms with E-state index in [4.69, 9.17) is 18.9 Å². The molecule has 2 heterocycles. The van der Waals surface area contributed by atoms with Crippen LogP contribution in [0.2, 0.25) is 0 Å². The molecule has 11 heteroatoms. The van der Waals surface area contributed by atoms with Crippen LogP contribution in [0, 0.1) is 11.8 Å². The second kappa shape index (κ2) is 8.43. The molecule has 3 aliphatic rings. The SMILES string of the molecule is COC(=O)C1=CO[C@@H](O[C@@H]2O[C@H](CO)[C@@H](O)[C@H](O)[C@H]2O)C2C(CO)=C[C@@H](O)C12. The molecule has 0 aromatic rings. The van der Waals surface area contributed by atoms with E-state index >= 15 is 0 Å². The van der Waals surface area contributed by atoms with Crippen molar-refractivity contribution >= 4 is 5.97 Å². The molecule has 0 spiro atoms. The fourth-order valence-electron chi connectivity index (χ4n) is 3.79. The van der Waals surface area contributed by atoms with Crippen LogP contribution in [-0.2, 0) is 23.7 Å². The van der Waals surface area contributed by atoms with Crippen molar-refractivity contribution in [3.63, 3.8) is 0 Å². The fraction of sp³-hybridized carbons (Fsp3) is 0.706. The van der Waals surface area contributed by atoms with Crippen LogP contribution in [0.15, 0.2) is 23.5 Å². The summed E-state index contributed by atoms with van der Waals surface area (Å²) in [7, 11) is 1.18. The topological polar surface area (TPSA) is 175 Å². The first kappa shape index (κ1) is 21.1. The van der Waals surface area contributed by atoms with Crippen molar-refractivity contribution in [3.8, 4) is 0 Å². The highest BCUT2D eigenvalue weighted by Crippen LogP contribution is 2.44. The predicted octanol–water partition coefficient (Wildman–Crippen LogP) is -3.26. The molecule has 1 aliphatic carbocycles. The summed E-state index contributed by atoms with van der Waals surface area (Å²) in [4.78, 5) is 12.0. The summed E-state index contributed by atoms with van der Waals surface area (Å²) in [5, 5.41) is 59.1. The summed E-state index contributed by atoms with van der Waals surface area (Å²) >= 11 is 0. The van der Waals surface area contributed by atoms with Crippen LogP contribution in [-0.4, -0.2) is 100 Å². The van der Waals surface area contributed by atoms with Gasteiger partial charge in [0.1, 0.15) is 24.4 Å². The molecule has 6 N–H and O–H groups in total. The van der Waals surface area contributed by atoms with E-state index in [1.54, 1.807) is 0 Å². The molecule has 0 amide bonds. The Morgan fingerprint density at radius 3 is 2.39 bits per heavy atom. The second-order valence-corrected chi connectivity index (χ2v) is 6.84. The third-order valence-electron chi connectivity index (χ3n) is 5.27. The summed E-state index contributed by atoms with van der Waals surface area (Å²) in [6.45, 7) is -1.07. The van der Waals surface area contributed by atoms with Crippen LogP contribution in [0.5, 0.6) is 0 Å². The lowest BCUT2D eigenvalue weighted by atomic mass is 9.82. The number of fused-ring (bicyclic) bond motifs is 1. The van der Waals surface area contributed by atoms with E-state index in [1.165, 1.54) is 13.2 Å². The van der Waals surface area contributed by atoms with Gasteiger partial charge in [-0.15, -0.1) is 0 Å². The normalized spacial score (nSPS) is 42.9. The first-order chi connectivity index (χ1) is 13.3. The molecule has 0 radical (unpaired) electrons. The summed E-state index contributed by atoms with van der Waals surface area (Å²) < 4.78 is 21.1. The van der Waals surface area contributed by atoms with E-state index in [2.05, 4.69) is 0 Å². The lowest BCUT2D eigenvalue weighted by Gasteiger charge is -2.43. The third-order valence-corrected chi connectivity index (χ3v) is 5.27. The standard InChI is InChI=1S/C17H24O11/c1-25-15(24)7-5-26-16(10-6(3-18)2-8(20)11(7)10)28-17-14(23)13(22)12(21)9(4-19)27-17/h2,5,8-14,16-23H,3-4H2,1H3/t8-,9-,10?,11?,12-,13+,14-,16+,17+/m1/s1. The molecule has 11 nitrogen and oxygen atoms in total. The average molecular weight is 404 g/mol. The van der Waals surface area contributed by atoms with Gasteiger partial charge in [0.2, 0.25) is 6.29 Å². The Balaban J connectivity index is 1.84. The number of aliphatic hydroxyl groups is 6. The van der Waals surface area contributed by atoms with Crippen molar-refractivity contribution in [3.05, 3.63) is 23.5 Å². The molecular formula is C17H24O11. The Morgan fingerprint density at radius 2 is 1.79 bits per heavy atom. The molecule has 1 saturated heterocycles. The molecule has 9 atom stereocenters. The zero-order chi connectivity index (χ0) is 20.6. The van der Waals surface area contributed by atoms with E-state index in [9.17, 15) is 35.4 Å². The minimum atomic E-state index is -1.65. The molecule has 1 fully saturated rings. The van der Waals surface area contributed by atoms with Crippen molar-refractivity contribution in [2.24, 2.45) is 11.8 Å². The van der Waals surface area contributed by atoms with Crippen molar-refractivity contribution in [1.29, 1.82) is 0 Å². The van der Waals surface area contributed by atoms with Crippen LogP contribution in [0.25, 0.3) is 0 Å². The van der Waals surface area contributed by atoms with Gasteiger partial charge in [-0.3, -0.25) is 0 Å². The van der Waals surface area contributed by atoms with Crippen LogP contribution in [0.1, 0.15) is 0 Å². The van der Waals surface area contributed by atoms with Gasteiger partial charge in [-0.05, 0) is 5.57 Å². The van der Waals surface area contributed by atoms with E-state index in [1.807, 2.05) is 0 Å². The number of aliphatic hydroxyl groups excluding tert-OH is 6. The Labute approximate surface area is 160 Å². The molecule has 0 aromatic heterocycles. The van der Waals surface area contributed by atoms with Crippen molar-refractivity contribution in [2.75, 3.05) is 20.3 Å². The van der Waals surface area contributed by atoms with Gasteiger partial charge >= 0.3 is 5.97 Å². The number of ether oxygens (including phenoxy) is 4. The Morgan fingerprint density at radius 1 is 1.07 bits per heavy atom. The van der Waals surface area contributed by atoms with Crippen LogP contribution in [0.4, 0.5) is 0 Å². The molecule has 158 valence electrons. The zero-order valence-electron chi connectivity index (χ0n) is 15.0. The molecule has 3 rings (SSSR count). The van der Waals surface area contributed by atoms with Gasteiger partial charge in [0.05, 0.1) is 44.2 Å². The second-order valence-electron chi connectivity index (χ2n) is 6.84. The lowest BCUT2D eigenvalue weighted by molar-refractivity contribution is -0.340.